The van der Waals surface area contributed by atoms with Crippen molar-refractivity contribution in [2.45, 2.75) is 23.6 Å². The maximum atomic E-state index is 12.7. The normalized spacial score (nSPS) is 11.7. The third kappa shape index (κ3) is 6.17. The topological polar surface area (TPSA) is 168 Å². The molecule has 2 aromatic rings. The van der Waals surface area contributed by atoms with Crippen LogP contribution >= 0.6 is 0 Å². The molecule has 0 aromatic heterocycles. The molecule has 0 aliphatic heterocycles. The minimum absolute atomic E-state index is 0.0265. The zero-order valence-corrected chi connectivity index (χ0v) is 20.8. The maximum absolute atomic E-state index is 12.7. The van der Waals surface area contributed by atoms with Crippen LogP contribution in [0.25, 0.3) is 0 Å². The van der Waals surface area contributed by atoms with Crippen molar-refractivity contribution in [3.05, 3.63) is 35.4 Å². The van der Waals surface area contributed by atoms with Crippen molar-refractivity contribution in [3.8, 4) is 11.5 Å². The summed E-state index contributed by atoms with van der Waals surface area (Å²) in [7, 11) is -4.86. The number of benzene rings is 2. The predicted molar refractivity (Wildman–Crippen MR) is 126 cm³/mol. The summed E-state index contributed by atoms with van der Waals surface area (Å²) in [6.45, 7) is 2.02. The van der Waals surface area contributed by atoms with Crippen LogP contribution in [0.3, 0.4) is 0 Å². The van der Waals surface area contributed by atoms with Crippen molar-refractivity contribution >= 4 is 37.1 Å². The van der Waals surface area contributed by atoms with Gasteiger partial charge in [-0.2, -0.15) is 0 Å². The molecule has 13 heteroatoms. The Kier molecular flexibility index (Phi) is 8.89. The second kappa shape index (κ2) is 11.0. The average Bonchev–Trinajstić information content (AvgIpc) is 2.73. The Morgan fingerprint density at radius 3 is 1.41 bits per heavy atom. The number of aliphatic hydroxyl groups is 2. The largest absolute Gasteiger partial charge is 0.495 e. The number of rotatable bonds is 10. The summed E-state index contributed by atoms with van der Waals surface area (Å²) in [4.78, 5) is 12.6. The SMILES string of the molecule is COc1cc(S(=O)(=O)CCO)c(C)cc1NC(=O)Nc1cc(C)c(S(=O)(=O)CCO)cc1OC. The van der Waals surface area contributed by atoms with Crippen LogP contribution in [0.4, 0.5) is 16.2 Å². The zero-order chi connectivity index (χ0) is 25.7. The maximum Gasteiger partial charge on any atom is 0.323 e. The molecule has 0 atom stereocenters. The van der Waals surface area contributed by atoms with Crippen LogP contribution in [0.2, 0.25) is 0 Å². The molecular weight excluding hydrogens is 488 g/mol. The van der Waals surface area contributed by atoms with Crippen LogP contribution in [0, 0.1) is 13.8 Å². The highest BCUT2D eigenvalue weighted by atomic mass is 32.2. The molecule has 2 amide bonds. The molecule has 0 fully saturated rings. The molecule has 2 rings (SSSR count). The fourth-order valence-electron chi connectivity index (χ4n) is 3.28. The number of ether oxygens (including phenoxy) is 2. The van der Waals surface area contributed by atoms with Gasteiger partial charge in [-0.25, -0.2) is 21.6 Å². The number of methoxy groups -OCH3 is 2. The van der Waals surface area contributed by atoms with Crippen molar-refractivity contribution in [1.29, 1.82) is 0 Å². The van der Waals surface area contributed by atoms with Gasteiger partial charge in [-0.1, -0.05) is 0 Å². The quantitative estimate of drug-likeness (QED) is 0.366. The van der Waals surface area contributed by atoms with Crippen LogP contribution in [0.15, 0.2) is 34.1 Å². The highest BCUT2D eigenvalue weighted by Gasteiger charge is 2.22. The molecule has 34 heavy (non-hydrogen) atoms. The summed E-state index contributed by atoms with van der Waals surface area (Å²) in [5.74, 6) is -0.724. The van der Waals surface area contributed by atoms with Gasteiger partial charge in [0.25, 0.3) is 0 Å². The molecule has 0 saturated heterocycles. The Bertz CT molecular complexity index is 1180. The van der Waals surface area contributed by atoms with Crippen molar-refractivity contribution in [2.24, 2.45) is 0 Å². The van der Waals surface area contributed by atoms with Crippen molar-refractivity contribution in [3.63, 3.8) is 0 Å². The summed E-state index contributed by atoms with van der Waals surface area (Å²) in [6.07, 6.45) is 0. The number of aryl methyl sites for hydroxylation is 2. The van der Waals surface area contributed by atoms with E-state index in [-0.39, 0.29) is 32.7 Å². The number of aliphatic hydroxyl groups excluding tert-OH is 2. The lowest BCUT2D eigenvalue weighted by Gasteiger charge is -2.17. The fraction of sp³-hybridized carbons (Fsp3) is 0.381. The molecule has 188 valence electrons. The van der Waals surface area contributed by atoms with Crippen LogP contribution in [0.1, 0.15) is 11.1 Å². The van der Waals surface area contributed by atoms with Gasteiger partial charge in [-0.15, -0.1) is 0 Å². The summed E-state index contributed by atoms with van der Waals surface area (Å²) in [5, 5.41) is 23.2. The smallest absolute Gasteiger partial charge is 0.323 e. The molecule has 0 saturated carbocycles. The van der Waals surface area contributed by atoms with Gasteiger partial charge < -0.3 is 30.3 Å². The lowest BCUT2D eigenvalue weighted by atomic mass is 10.2. The number of urea groups is 1. The second-order valence-electron chi connectivity index (χ2n) is 7.30. The van der Waals surface area contributed by atoms with Gasteiger partial charge in [-0.3, -0.25) is 0 Å². The number of carbonyl (C=O) groups is 1. The summed E-state index contributed by atoms with van der Waals surface area (Å²) < 4.78 is 59.9. The van der Waals surface area contributed by atoms with Gasteiger partial charge in [0.2, 0.25) is 0 Å². The molecule has 4 N–H and O–H groups in total. The number of hydrogen-bond donors (Lipinski definition) is 4. The van der Waals surface area contributed by atoms with Crippen LogP contribution in [0.5, 0.6) is 11.5 Å². The lowest BCUT2D eigenvalue weighted by molar-refractivity contribution is 0.262. The number of nitrogens with one attached hydrogen (secondary N) is 2. The van der Waals surface area contributed by atoms with E-state index in [0.717, 1.165) is 0 Å². The second-order valence-corrected chi connectivity index (χ2v) is 11.5. The first kappa shape index (κ1) is 27.4. The Balaban J connectivity index is 2.36. The van der Waals surface area contributed by atoms with Crippen molar-refractivity contribution in [2.75, 3.05) is 49.6 Å². The van der Waals surface area contributed by atoms with Crippen LogP contribution < -0.4 is 20.1 Å². The van der Waals surface area contributed by atoms with E-state index in [4.69, 9.17) is 19.7 Å². The van der Waals surface area contributed by atoms with E-state index < -0.39 is 50.4 Å². The first-order chi connectivity index (χ1) is 15.9. The molecule has 2 aromatic carbocycles. The first-order valence-corrected chi connectivity index (χ1v) is 13.3. The van der Waals surface area contributed by atoms with E-state index in [1.807, 2.05) is 0 Å². The highest BCUT2D eigenvalue weighted by molar-refractivity contribution is 7.91. The monoisotopic (exact) mass is 516 g/mol. The Hall–Kier alpha value is -2.87. The molecule has 0 heterocycles. The van der Waals surface area contributed by atoms with E-state index >= 15 is 0 Å². The molecule has 0 radical (unpaired) electrons. The predicted octanol–water partition coefficient (Wildman–Crippen LogP) is 1.50. The molecular formula is C21H28N2O9S2. The van der Waals surface area contributed by atoms with Crippen LogP contribution in [-0.4, -0.2) is 72.0 Å². The third-order valence-electron chi connectivity index (χ3n) is 4.88. The Morgan fingerprint density at radius 1 is 0.765 bits per heavy atom. The average molecular weight is 517 g/mol. The lowest BCUT2D eigenvalue weighted by Crippen LogP contribution is -2.21. The summed E-state index contributed by atoms with van der Waals surface area (Å²) in [6, 6.07) is 4.67. The number of sulfone groups is 2. The Labute approximate surface area is 198 Å². The molecule has 11 nitrogen and oxygen atoms in total. The standard InChI is InChI=1S/C21H28N2O9S2/c1-13-9-15(17(31-3)11-19(13)33(27,28)7-5-24)22-21(26)23-16-10-14(2)20(12-18(16)32-4)34(29,30)8-6-25/h9-12,24-25H,5-8H2,1-4H3,(H2,22,23,26). The minimum atomic E-state index is -3.74. The third-order valence-corrected chi connectivity index (χ3v) is 8.54. The number of amides is 2. The zero-order valence-electron chi connectivity index (χ0n) is 19.2. The molecule has 0 bridgehead atoms. The minimum Gasteiger partial charge on any atom is -0.495 e. The molecule has 0 aliphatic rings. The Morgan fingerprint density at radius 2 is 1.12 bits per heavy atom. The van der Waals surface area contributed by atoms with Crippen molar-refractivity contribution in [1.82, 2.24) is 0 Å². The van der Waals surface area contributed by atoms with E-state index in [0.29, 0.717) is 11.1 Å². The van der Waals surface area contributed by atoms with Gasteiger partial charge in [0.15, 0.2) is 19.7 Å². The van der Waals surface area contributed by atoms with Gasteiger partial charge in [0.05, 0.1) is 60.1 Å². The van der Waals surface area contributed by atoms with Gasteiger partial charge in [0, 0.05) is 12.1 Å². The van der Waals surface area contributed by atoms with E-state index in [1.54, 1.807) is 13.8 Å². The van der Waals surface area contributed by atoms with E-state index in [2.05, 4.69) is 10.6 Å². The van der Waals surface area contributed by atoms with Gasteiger partial charge >= 0.3 is 6.03 Å². The number of anilines is 2. The fourth-order valence-corrected chi connectivity index (χ4v) is 5.87. The summed E-state index contributed by atoms with van der Waals surface area (Å²) in [5.41, 5.74) is 1.07. The van der Waals surface area contributed by atoms with Crippen molar-refractivity contribution < 1.29 is 41.3 Å². The highest BCUT2D eigenvalue weighted by Crippen LogP contribution is 2.33. The molecule has 0 aliphatic carbocycles. The number of hydrogen-bond acceptors (Lipinski definition) is 9. The van der Waals surface area contributed by atoms with E-state index in [9.17, 15) is 21.6 Å². The number of carbonyl (C=O) groups excluding carboxylic acids is 1. The van der Waals surface area contributed by atoms with E-state index in [1.165, 1.54) is 38.5 Å². The van der Waals surface area contributed by atoms with Gasteiger partial charge in [-0.05, 0) is 37.1 Å². The molecule has 0 unspecified atom stereocenters. The van der Waals surface area contributed by atoms with Crippen LogP contribution in [-0.2, 0) is 19.7 Å². The molecule has 0 spiro atoms. The van der Waals surface area contributed by atoms with Gasteiger partial charge in [0.1, 0.15) is 11.5 Å². The summed E-state index contributed by atoms with van der Waals surface area (Å²) >= 11 is 0. The first-order valence-electron chi connectivity index (χ1n) is 10.0.